The molecule has 1 aromatic heterocycles. The molecule has 0 bridgehead atoms. The molecule has 108 valence electrons. The normalized spacial score (nSPS) is 14.9. The van der Waals surface area contributed by atoms with Crippen molar-refractivity contribution in [3.8, 4) is 0 Å². The van der Waals surface area contributed by atoms with E-state index in [4.69, 9.17) is 0 Å². The Morgan fingerprint density at radius 1 is 1.30 bits per heavy atom. The number of rotatable bonds is 2. The zero-order chi connectivity index (χ0) is 15.0. The van der Waals surface area contributed by atoms with Gasteiger partial charge in [-0.05, 0) is 25.5 Å². The van der Waals surface area contributed by atoms with Crippen molar-refractivity contribution < 1.29 is 0 Å². The van der Waals surface area contributed by atoms with Crippen LogP contribution in [-0.4, -0.2) is 35.8 Å². The molecule has 5 nitrogen and oxygen atoms in total. The summed E-state index contributed by atoms with van der Waals surface area (Å²) < 4.78 is 1.49. The van der Waals surface area contributed by atoms with Crippen molar-refractivity contribution in [2.75, 3.05) is 26.0 Å². The minimum Gasteiger partial charge on any atom is -0.363 e. The summed E-state index contributed by atoms with van der Waals surface area (Å²) in [7, 11) is 7.57. The van der Waals surface area contributed by atoms with Crippen LogP contribution in [0.4, 0.5) is 5.82 Å². The van der Waals surface area contributed by atoms with Crippen LogP contribution in [0.15, 0.2) is 27.5 Å². The molecule has 0 spiro atoms. The fourth-order valence-electron chi connectivity index (χ4n) is 2.31. The molecule has 1 N–H and O–H groups in total. The third-order valence-electron chi connectivity index (χ3n) is 3.85. The van der Waals surface area contributed by atoms with Crippen molar-refractivity contribution in [1.82, 2.24) is 14.7 Å². The Morgan fingerprint density at radius 2 is 1.95 bits per heavy atom. The molecule has 0 fully saturated rings. The molecule has 1 aliphatic rings. The highest BCUT2D eigenvalue weighted by molar-refractivity contribution is 5.63. The Bertz CT molecular complexity index is 681. The fraction of sp³-hybridized carbons (Fsp3) is 0.467. The molecule has 0 radical (unpaired) electrons. The maximum atomic E-state index is 12.1. The molecule has 5 heteroatoms. The van der Waals surface area contributed by atoms with Gasteiger partial charge in [0.1, 0.15) is 5.82 Å². The molecule has 0 unspecified atom stereocenters. The molecular weight excluding hydrogens is 252 g/mol. The van der Waals surface area contributed by atoms with Crippen LogP contribution >= 0.6 is 0 Å². The first-order valence-electron chi connectivity index (χ1n) is 6.65. The van der Waals surface area contributed by atoms with Crippen molar-refractivity contribution in [2.45, 2.75) is 20.3 Å². The maximum Gasteiger partial charge on any atom is 0.276 e. The second-order valence-corrected chi connectivity index (χ2v) is 5.47. The molecule has 2 rings (SSSR count). The lowest BCUT2D eigenvalue weighted by atomic mass is 10.2. The van der Waals surface area contributed by atoms with Crippen LogP contribution in [0.25, 0.3) is 6.08 Å². The van der Waals surface area contributed by atoms with Gasteiger partial charge in [0.05, 0.1) is 11.3 Å². The van der Waals surface area contributed by atoms with Crippen molar-refractivity contribution in [1.29, 1.82) is 0 Å². The van der Waals surface area contributed by atoms with Crippen LogP contribution in [0.3, 0.4) is 0 Å². The lowest BCUT2D eigenvalue weighted by Gasteiger charge is -2.13. The summed E-state index contributed by atoms with van der Waals surface area (Å²) in [5.74, 6) is 0.799. The van der Waals surface area contributed by atoms with E-state index in [0.717, 1.165) is 17.9 Å². The number of nitrogens with zero attached hydrogens (tertiary/aromatic N) is 3. The molecule has 1 aromatic rings. The predicted octanol–water partition coefficient (Wildman–Crippen LogP) is 1.90. The van der Waals surface area contributed by atoms with Gasteiger partial charge in [0, 0.05) is 40.3 Å². The summed E-state index contributed by atoms with van der Waals surface area (Å²) in [5.41, 5.74) is 7.57. The highest BCUT2D eigenvalue weighted by Crippen LogP contribution is 2.28. The first-order valence-corrected chi connectivity index (χ1v) is 6.65. The molecule has 0 saturated carbocycles. The van der Waals surface area contributed by atoms with E-state index in [1.165, 1.54) is 16.0 Å². The average Bonchev–Trinajstić information content (AvgIpc) is 2.81. The Hall–Kier alpha value is -2.13. The number of hydrogen-bond donors (Lipinski definition) is 1. The Kier molecular flexibility index (Phi) is 3.64. The largest absolute Gasteiger partial charge is 0.363 e. The van der Waals surface area contributed by atoms with Gasteiger partial charge in [0.25, 0.3) is 5.56 Å². The van der Waals surface area contributed by atoms with E-state index in [0.29, 0.717) is 5.56 Å². The summed E-state index contributed by atoms with van der Waals surface area (Å²) in [5, 5.41) is 3.04. The number of aromatic amines is 1. The van der Waals surface area contributed by atoms with Crippen molar-refractivity contribution in [2.24, 2.45) is 7.05 Å². The first kappa shape index (κ1) is 14.3. The molecule has 0 saturated heterocycles. The van der Waals surface area contributed by atoms with E-state index in [-0.39, 0.29) is 5.56 Å². The molecular formula is C15H22N4O. The topological polar surface area (TPSA) is 44.3 Å². The van der Waals surface area contributed by atoms with Crippen LogP contribution in [0, 0.1) is 0 Å². The van der Waals surface area contributed by atoms with Crippen molar-refractivity contribution in [3.63, 3.8) is 0 Å². The van der Waals surface area contributed by atoms with Crippen LogP contribution in [0.2, 0.25) is 0 Å². The minimum atomic E-state index is -0.0381. The number of allylic oxidation sites excluding steroid dienone is 2. The smallest absolute Gasteiger partial charge is 0.276 e. The third-order valence-corrected chi connectivity index (χ3v) is 3.85. The zero-order valence-electron chi connectivity index (χ0n) is 13.0. The Labute approximate surface area is 119 Å². The number of aryl methyl sites for hydroxylation is 1. The van der Waals surface area contributed by atoms with Gasteiger partial charge in [-0.15, -0.1) is 0 Å². The van der Waals surface area contributed by atoms with Gasteiger partial charge in [-0.25, -0.2) is 0 Å². The molecule has 0 amide bonds. The Balaban J connectivity index is 2.46. The van der Waals surface area contributed by atoms with Crippen LogP contribution in [0.5, 0.6) is 0 Å². The molecule has 0 atom stereocenters. The van der Waals surface area contributed by atoms with Gasteiger partial charge in [-0.2, -0.15) is 0 Å². The van der Waals surface area contributed by atoms with Crippen molar-refractivity contribution >= 4 is 11.9 Å². The summed E-state index contributed by atoms with van der Waals surface area (Å²) >= 11 is 0. The molecule has 1 aliphatic heterocycles. The quantitative estimate of drug-likeness (QED) is 0.838. The lowest BCUT2D eigenvalue weighted by molar-refractivity contribution is 0.542. The second-order valence-electron chi connectivity index (χ2n) is 5.47. The number of hydrogen-bond acceptors (Lipinski definition) is 3. The van der Waals surface area contributed by atoms with Gasteiger partial charge < -0.3 is 9.80 Å². The van der Waals surface area contributed by atoms with Crippen molar-refractivity contribution in [3.05, 3.63) is 38.6 Å². The number of aromatic nitrogens is 2. The van der Waals surface area contributed by atoms with E-state index in [2.05, 4.69) is 29.6 Å². The summed E-state index contributed by atoms with van der Waals surface area (Å²) in [6.07, 6.45) is 2.67. The van der Waals surface area contributed by atoms with E-state index in [1.54, 1.807) is 13.1 Å². The summed E-state index contributed by atoms with van der Waals surface area (Å²) in [6, 6.07) is 0. The highest BCUT2D eigenvalue weighted by atomic mass is 16.1. The van der Waals surface area contributed by atoms with Crippen LogP contribution in [0.1, 0.15) is 25.8 Å². The fourth-order valence-corrected chi connectivity index (χ4v) is 2.31. The summed E-state index contributed by atoms with van der Waals surface area (Å²) in [4.78, 5) is 16.1. The number of anilines is 1. The first-order chi connectivity index (χ1) is 9.32. The number of nitrogens with one attached hydrogen (secondary N) is 1. The van der Waals surface area contributed by atoms with Gasteiger partial charge >= 0.3 is 0 Å². The molecule has 2 heterocycles. The third kappa shape index (κ3) is 2.32. The molecule has 20 heavy (non-hydrogen) atoms. The monoisotopic (exact) mass is 274 g/mol. The van der Waals surface area contributed by atoms with Gasteiger partial charge in [-0.3, -0.25) is 14.6 Å². The van der Waals surface area contributed by atoms with E-state index >= 15 is 0 Å². The minimum absolute atomic E-state index is 0.0381. The molecule has 0 aliphatic carbocycles. The van der Waals surface area contributed by atoms with Crippen LogP contribution < -0.4 is 10.5 Å². The second kappa shape index (κ2) is 5.10. The SMILES string of the molecule is CC1=C(C)N(C)C(=C=Cc2c(N(C)C)[nH]n(C)c2=O)C1. The Morgan fingerprint density at radius 3 is 2.45 bits per heavy atom. The van der Waals surface area contributed by atoms with E-state index in [9.17, 15) is 4.79 Å². The van der Waals surface area contributed by atoms with Gasteiger partial charge in [0.15, 0.2) is 0 Å². The standard InChI is InChI=1S/C15H22N4O/c1-10-9-12(18(5)11(10)2)7-8-13-14(17(3)4)16-19(6)15(13)20/h8,16H,9H2,1-6H3. The molecule has 0 aromatic carbocycles. The lowest BCUT2D eigenvalue weighted by Crippen LogP contribution is -2.13. The van der Waals surface area contributed by atoms with Gasteiger partial charge in [0.2, 0.25) is 0 Å². The average molecular weight is 274 g/mol. The van der Waals surface area contributed by atoms with E-state index in [1.807, 2.05) is 26.0 Å². The predicted molar refractivity (Wildman–Crippen MR) is 82.6 cm³/mol. The van der Waals surface area contributed by atoms with E-state index < -0.39 is 0 Å². The summed E-state index contributed by atoms with van der Waals surface area (Å²) in [6.45, 7) is 4.23. The van der Waals surface area contributed by atoms with Gasteiger partial charge in [-0.1, -0.05) is 5.73 Å². The zero-order valence-corrected chi connectivity index (χ0v) is 13.0. The number of H-pyrrole nitrogens is 1. The maximum absolute atomic E-state index is 12.1. The highest BCUT2D eigenvalue weighted by Gasteiger charge is 2.17. The van der Waals surface area contributed by atoms with Crippen LogP contribution in [-0.2, 0) is 7.05 Å².